The Morgan fingerprint density at radius 1 is 1.47 bits per heavy atom. The van der Waals surface area contributed by atoms with Crippen LogP contribution in [-0.2, 0) is 10.0 Å². The average Bonchev–Trinajstić information content (AvgIpc) is 2.28. The van der Waals surface area contributed by atoms with Gasteiger partial charge in [0.15, 0.2) is 11.6 Å². The summed E-state index contributed by atoms with van der Waals surface area (Å²) in [6, 6.07) is 3.28. The first-order valence-corrected chi connectivity index (χ1v) is 6.75. The lowest BCUT2D eigenvalue weighted by Crippen LogP contribution is -2.32. The number of nitrogens with one attached hydrogen (secondary N) is 1. The minimum atomic E-state index is -3.62. The zero-order valence-electron chi connectivity index (χ0n) is 10.0. The molecule has 0 saturated heterocycles. The van der Waals surface area contributed by atoms with Crippen LogP contribution in [0, 0.1) is 5.82 Å². The van der Waals surface area contributed by atoms with Crippen LogP contribution in [0.25, 0.3) is 0 Å². The van der Waals surface area contributed by atoms with Crippen LogP contribution >= 0.6 is 0 Å². The normalized spacial score (nSPS) is 13.4. The van der Waals surface area contributed by atoms with Gasteiger partial charge in [-0.15, -0.1) is 0 Å². The van der Waals surface area contributed by atoms with Crippen LogP contribution in [-0.4, -0.2) is 21.6 Å². The maximum Gasteiger partial charge on any atom is 0.240 e. The molecule has 0 unspecified atom stereocenters. The standard InChI is InChI=1S/C11H16FNO3S/c1-4-8(2)13-17(14,15)9-5-6-10(12)11(7-9)16-3/h5-8,13H,4H2,1-3H3/t8-/m1/s1. The minimum Gasteiger partial charge on any atom is -0.494 e. The Morgan fingerprint density at radius 2 is 2.12 bits per heavy atom. The highest BCUT2D eigenvalue weighted by Crippen LogP contribution is 2.21. The number of methoxy groups -OCH3 is 1. The molecule has 0 heterocycles. The number of hydrogen-bond donors (Lipinski definition) is 1. The molecule has 0 amide bonds. The first-order chi connectivity index (χ1) is 7.90. The topological polar surface area (TPSA) is 55.4 Å². The fourth-order valence-electron chi connectivity index (χ4n) is 1.22. The van der Waals surface area contributed by atoms with Gasteiger partial charge in [-0.3, -0.25) is 0 Å². The molecule has 0 saturated carbocycles. The molecule has 96 valence electrons. The van der Waals surface area contributed by atoms with Gasteiger partial charge in [0.2, 0.25) is 10.0 Å². The van der Waals surface area contributed by atoms with Gasteiger partial charge < -0.3 is 4.74 Å². The van der Waals surface area contributed by atoms with E-state index in [-0.39, 0.29) is 16.7 Å². The van der Waals surface area contributed by atoms with Gasteiger partial charge in [-0.2, -0.15) is 0 Å². The lowest BCUT2D eigenvalue weighted by atomic mass is 10.3. The first-order valence-electron chi connectivity index (χ1n) is 5.26. The van der Waals surface area contributed by atoms with E-state index >= 15 is 0 Å². The molecule has 17 heavy (non-hydrogen) atoms. The van der Waals surface area contributed by atoms with E-state index in [1.54, 1.807) is 6.92 Å². The van der Waals surface area contributed by atoms with E-state index < -0.39 is 15.8 Å². The molecule has 1 aromatic rings. The van der Waals surface area contributed by atoms with Crippen molar-refractivity contribution in [1.29, 1.82) is 0 Å². The fraction of sp³-hybridized carbons (Fsp3) is 0.455. The molecule has 0 aliphatic rings. The van der Waals surface area contributed by atoms with Gasteiger partial charge in [0.1, 0.15) is 0 Å². The Kier molecular flexibility index (Phi) is 4.47. The van der Waals surface area contributed by atoms with Crippen LogP contribution in [0.15, 0.2) is 23.1 Å². The van der Waals surface area contributed by atoms with E-state index in [0.717, 1.165) is 6.07 Å². The largest absolute Gasteiger partial charge is 0.494 e. The summed E-state index contributed by atoms with van der Waals surface area (Å²) in [4.78, 5) is -0.00366. The highest BCUT2D eigenvalue weighted by molar-refractivity contribution is 7.89. The van der Waals surface area contributed by atoms with E-state index in [1.165, 1.54) is 19.2 Å². The quantitative estimate of drug-likeness (QED) is 0.881. The van der Waals surface area contributed by atoms with Crippen LogP contribution in [0.2, 0.25) is 0 Å². The van der Waals surface area contributed by atoms with Gasteiger partial charge in [-0.1, -0.05) is 6.92 Å². The van der Waals surface area contributed by atoms with Crippen molar-refractivity contribution in [2.24, 2.45) is 0 Å². The van der Waals surface area contributed by atoms with Crippen molar-refractivity contribution in [3.05, 3.63) is 24.0 Å². The smallest absolute Gasteiger partial charge is 0.240 e. The van der Waals surface area contributed by atoms with Crippen molar-refractivity contribution < 1.29 is 17.5 Å². The van der Waals surface area contributed by atoms with Crippen molar-refractivity contribution in [1.82, 2.24) is 4.72 Å². The molecule has 0 bridgehead atoms. The second-order valence-electron chi connectivity index (χ2n) is 3.73. The second kappa shape index (κ2) is 5.46. The maximum absolute atomic E-state index is 13.1. The van der Waals surface area contributed by atoms with Crippen LogP contribution in [0.3, 0.4) is 0 Å². The Morgan fingerprint density at radius 3 is 2.65 bits per heavy atom. The molecule has 1 aromatic carbocycles. The monoisotopic (exact) mass is 261 g/mol. The lowest BCUT2D eigenvalue weighted by Gasteiger charge is -2.12. The summed E-state index contributed by atoms with van der Waals surface area (Å²) in [5, 5.41) is 0. The zero-order valence-corrected chi connectivity index (χ0v) is 10.8. The van der Waals surface area contributed by atoms with Crippen LogP contribution in [0.1, 0.15) is 20.3 Å². The molecule has 6 heteroatoms. The van der Waals surface area contributed by atoms with Crippen LogP contribution in [0.5, 0.6) is 5.75 Å². The predicted molar refractivity (Wildman–Crippen MR) is 63.0 cm³/mol. The second-order valence-corrected chi connectivity index (χ2v) is 5.44. The van der Waals surface area contributed by atoms with Gasteiger partial charge in [0.05, 0.1) is 12.0 Å². The number of halogens is 1. The van der Waals surface area contributed by atoms with Gasteiger partial charge in [-0.25, -0.2) is 17.5 Å². The van der Waals surface area contributed by atoms with E-state index in [9.17, 15) is 12.8 Å². The van der Waals surface area contributed by atoms with Gasteiger partial charge in [0, 0.05) is 12.1 Å². The molecule has 0 aliphatic carbocycles. The van der Waals surface area contributed by atoms with Gasteiger partial charge >= 0.3 is 0 Å². The summed E-state index contributed by atoms with van der Waals surface area (Å²) in [5.41, 5.74) is 0. The third kappa shape index (κ3) is 3.41. The number of rotatable bonds is 5. The number of ether oxygens (including phenoxy) is 1. The van der Waals surface area contributed by atoms with E-state index in [0.29, 0.717) is 6.42 Å². The number of benzene rings is 1. The van der Waals surface area contributed by atoms with Gasteiger partial charge in [0.25, 0.3) is 0 Å². The molecule has 1 rings (SSSR count). The average molecular weight is 261 g/mol. The summed E-state index contributed by atoms with van der Waals surface area (Å²) in [7, 11) is -2.33. The van der Waals surface area contributed by atoms with Crippen molar-refractivity contribution >= 4 is 10.0 Å². The maximum atomic E-state index is 13.1. The molecule has 0 fully saturated rings. The minimum absolute atomic E-state index is 0.00366. The Bertz CT molecular complexity index is 487. The Hall–Kier alpha value is -1.14. The summed E-state index contributed by atoms with van der Waals surface area (Å²) < 4.78 is 44.2. The lowest BCUT2D eigenvalue weighted by molar-refractivity contribution is 0.385. The van der Waals surface area contributed by atoms with Crippen molar-refractivity contribution in [3.63, 3.8) is 0 Å². The van der Waals surface area contributed by atoms with E-state index in [2.05, 4.69) is 4.72 Å². The molecular weight excluding hydrogens is 245 g/mol. The predicted octanol–water partition coefficient (Wildman–Crippen LogP) is 1.91. The summed E-state index contributed by atoms with van der Waals surface area (Å²) in [6.07, 6.45) is 0.678. The Labute approximate surface area is 101 Å². The van der Waals surface area contributed by atoms with E-state index in [1.807, 2.05) is 6.92 Å². The van der Waals surface area contributed by atoms with Crippen LogP contribution < -0.4 is 9.46 Å². The third-order valence-corrected chi connectivity index (χ3v) is 3.99. The third-order valence-electron chi connectivity index (χ3n) is 2.40. The molecule has 0 spiro atoms. The Balaban J connectivity index is 3.07. The molecule has 1 N–H and O–H groups in total. The molecule has 0 aliphatic heterocycles. The summed E-state index contributed by atoms with van der Waals surface area (Å²) in [6.45, 7) is 3.64. The number of sulfonamides is 1. The summed E-state index contributed by atoms with van der Waals surface area (Å²) >= 11 is 0. The van der Waals surface area contributed by atoms with Crippen molar-refractivity contribution in [2.75, 3.05) is 7.11 Å². The highest BCUT2D eigenvalue weighted by Gasteiger charge is 2.18. The molecule has 0 aromatic heterocycles. The molecule has 4 nitrogen and oxygen atoms in total. The SMILES string of the molecule is CC[C@@H](C)NS(=O)(=O)c1ccc(F)c(OC)c1. The molecule has 0 radical (unpaired) electrons. The van der Waals surface area contributed by atoms with Crippen molar-refractivity contribution in [3.8, 4) is 5.75 Å². The zero-order chi connectivity index (χ0) is 13.1. The molecule has 1 atom stereocenters. The fourth-order valence-corrected chi connectivity index (χ4v) is 2.57. The molecular formula is C11H16FNO3S. The summed E-state index contributed by atoms with van der Waals surface area (Å²) in [5.74, 6) is -0.674. The van der Waals surface area contributed by atoms with Crippen LogP contribution in [0.4, 0.5) is 4.39 Å². The highest BCUT2D eigenvalue weighted by atomic mass is 32.2. The number of hydrogen-bond acceptors (Lipinski definition) is 3. The van der Waals surface area contributed by atoms with E-state index in [4.69, 9.17) is 4.74 Å². The van der Waals surface area contributed by atoms with Crippen molar-refractivity contribution in [2.45, 2.75) is 31.2 Å². The van der Waals surface area contributed by atoms with Gasteiger partial charge in [-0.05, 0) is 25.5 Å². The first kappa shape index (κ1) is 13.9.